The maximum Gasteiger partial charge on any atom is 0.0568 e. The topological polar surface area (TPSA) is 29.9 Å². The Kier molecular flexibility index (Phi) is 4.04. The first-order valence-electron chi connectivity index (χ1n) is 6.07. The van der Waals surface area contributed by atoms with E-state index in [0.717, 1.165) is 22.7 Å². The molecule has 1 aromatic carbocycles. The maximum absolute atomic E-state index is 6.09. The molecule has 0 saturated carbocycles. The van der Waals surface area contributed by atoms with Crippen LogP contribution in [0.25, 0.3) is 11.1 Å². The van der Waals surface area contributed by atoms with Crippen LogP contribution in [0.15, 0.2) is 30.6 Å². The Hall–Kier alpha value is -1.32. The van der Waals surface area contributed by atoms with Crippen molar-refractivity contribution in [1.82, 2.24) is 15.1 Å². The van der Waals surface area contributed by atoms with Crippen molar-refractivity contribution in [2.24, 2.45) is 7.05 Å². The van der Waals surface area contributed by atoms with Crippen LogP contribution in [0.5, 0.6) is 0 Å². The molecular weight excluding hydrogens is 246 g/mol. The molecule has 1 N–H and O–H groups in total. The highest BCUT2D eigenvalue weighted by Crippen LogP contribution is 2.26. The zero-order valence-corrected chi connectivity index (χ0v) is 11.7. The van der Waals surface area contributed by atoms with Gasteiger partial charge in [-0.25, -0.2) is 0 Å². The number of halogens is 1. The number of benzene rings is 1. The van der Waals surface area contributed by atoms with Crippen LogP contribution in [0.4, 0.5) is 0 Å². The first-order valence-corrected chi connectivity index (χ1v) is 6.45. The van der Waals surface area contributed by atoms with Gasteiger partial charge in [0.2, 0.25) is 0 Å². The highest BCUT2D eigenvalue weighted by molar-refractivity contribution is 6.30. The number of aryl methyl sites for hydroxylation is 1. The molecule has 0 bridgehead atoms. The van der Waals surface area contributed by atoms with Crippen LogP contribution in [0.2, 0.25) is 5.02 Å². The van der Waals surface area contributed by atoms with Crippen molar-refractivity contribution in [2.45, 2.75) is 26.4 Å². The van der Waals surface area contributed by atoms with Gasteiger partial charge in [0, 0.05) is 36.4 Å². The number of hydrogen-bond donors (Lipinski definition) is 1. The van der Waals surface area contributed by atoms with Crippen LogP contribution in [-0.2, 0) is 13.6 Å². The summed E-state index contributed by atoms with van der Waals surface area (Å²) in [6, 6.07) is 6.46. The van der Waals surface area contributed by atoms with E-state index in [-0.39, 0.29) is 0 Å². The number of hydrogen-bond acceptors (Lipinski definition) is 2. The van der Waals surface area contributed by atoms with E-state index in [1.807, 2.05) is 31.6 Å². The normalized spacial score (nSPS) is 11.2. The second-order valence-corrected chi connectivity index (χ2v) is 5.18. The Labute approximate surface area is 113 Å². The highest BCUT2D eigenvalue weighted by Gasteiger charge is 2.08. The molecule has 1 aromatic heterocycles. The average Bonchev–Trinajstić information content (AvgIpc) is 2.74. The zero-order chi connectivity index (χ0) is 13.1. The fraction of sp³-hybridized carbons (Fsp3) is 0.357. The van der Waals surface area contributed by atoms with Crippen LogP contribution < -0.4 is 5.32 Å². The quantitative estimate of drug-likeness (QED) is 0.918. The molecule has 0 atom stereocenters. The van der Waals surface area contributed by atoms with Gasteiger partial charge in [0.25, 0.3) is 0 Å². The van der Waals surface area contributed by atoms with E-state index >= 15 is 0 Å². The van der Waals surface area contributed by atoms with Gasteiger partial charge in [-0.1, -0.05) is 31.5 Å². The van der Waals surface area contributed by atoms with E-state index in [1.165, 1.54) is 5.56 Å². The summed E-state index contributed by atoms with van der Waals surface area (Å²) in [5, 5.41) is 8.39. The van der Waals surface area contributed by atoms with E-state index in [1.54, 1.807) is 4.68 Å². The van der Waals surface area contributed by atoms with Crippen molar-refractivity contribution in [1.29, 1.82) is 0 Å². The SMILES string of the molecule is CC(C)NCc1ccc(Cl)cc1-c1cnn(C)c1. The molecule has 0 radical (unpaired) electrons. The van der Waals surface area contributed by atoms with Crippen molar-refractivity contribution in [3.63, 3.8) is 0 Å². The minimum Gasteiger partial charge on any atom is -0.310 e. The smallest absolute Gasteiger partial charge is 0.0568 e. The first kappa shape index (κ1) is 13.1. The third-order valence-corrected chi connectivity index (χ3v) is 3.02. The highest BCUT2D eigenvalue weighted by atomic mass is 35.5. The fourth-order valence-electron chi connectivity index (χ4n) is 1.85. The van der Waals surface area contributed by atoms with Gasteiger partial charge < -0.3 is 5.32 Å². The second-order valence-electron chi connectivity index (χ2n) is 4.74. The van der Waals surface area contributed by atoms with Crippen LogP contribution in [0.3, 0.4) is 0 Å². The largest absolute Gasteiger partial charge is 0.310 e. The predicted octanol–water partition coefficient (Wildman–Crippen LogP) is 3.24. The minimum atomic E-state index is 0.461. The van der Waals surface area contributed by atoms with Gasteiger partial charge in [0.05, 0.1) is 6.20 Å². The predicted molar refractivity (Wildman–Crippen MR) is 75.6 cm³/mol. The van der Waals surface area contributed by atoms with Gasteiger partial charge in [-0.2, -0.15) is 5.10 Å². The number of aromatic nitrogens is 2. The number of nitrogens with zero attached hydrogens (tertiary/aromatic N) is 2. The Bertz CT molecular complexity index is 532. The molecule has 1 heterocycles. The Morgan fingerprint density at radius 3 is 2.78 bits per heavy atom. The lowest BCUT2D eigenvalue weighted by atomic mass is 10.0. The van der Waals surface area contributed by atoms with Crippen molar-refractivity contribution >= 4 is 11.6 Å². The molecule has 2 rings (SSSR count). The molecule has 18 heavy (non-hydrogen) atoms. The van der Waals surface area contributed by atoms with Crippen molar-refractivity contribution in [3.05, 3.63) is 41.2 Å². The summed E-state index contributed by atoms with van der Waals surface area (Å²) in [4.78, 5) is 0. The average molecular weight is 264 g/mol. The van der Waals surface area contributed by atoms with Gasteiger partial charge >= 0.3 is 0 Å². The van der Waals surface area contributed by atoms with Gasteiger partial charge in [-0.3, -0.25) is 4.68 Å². The van der Waals surface area contributed by atoms with Gasteiger partial charge in [-0.05, 0) is 23.3 Å². The van der Waals surface area contributed by atoms with E-state index < -0.39 is 0 Å². The molecule has 0 saturated heterocycles. The molecule has 0 aliphatic heterocycles. The van der Waals surface area contributed by atoms with E-state index in [4.69, 9.17) is 11.6 Å². The van der Waals surface area contributed by atoms with Crippen molar-refractivity contribution < 1.29 is 0 Å². The van der Waals surface area contributed by atoms with E-state index in [9.17, 15) is 0 Å². The van der Waals surface area contributed by atoms with Crippen LogP contribution in [0.1, 0.15) is 19.4 Å². The van der Waals surface area contributed by atoms with Crippen LogP contribution >= 0.6 is 11.6 Å². The maximum atomic E-state index is 6.09. The molecule has 0 aliphatic carbocycles. The van der Waals surface area contributed by atoms with Crippen LogP contribution in [0, 0.1) is 0 Å². The molecular formula is C14H18ClN3. The summed E-state index contributed by atoms with van der Waals surface area (Å²) in [5.41, 5.74) is 3.48. The summed E-state index contributed by atoms with van der Waals surface area (Å²) in [6.45, 7) is 5.11. The lowest BCUT2D eigenvalue weighted by molar-refractivity contribution is 0.589. The standard InChI is InChI=1S/C14H18ClN3/c1-10(2)16-7-11-4-5-13(15)6-14(11)12-8-17-18(3)9-12/h4-6,8-10,16H,7H2,1-3H3. The minimum absolute atomic E-state index is 0.461. The number of nitrogens with one attached hydrogen (secondary N) is 1. The molecule has 4 heteroatoms. The summed E-state index contributed by atoms with van der Waals surface area (Å²) in [7, 11) is 1.92. The van der Waals surface area contributed by atoms with Crippen molar-refractivity contribution in [3.8, 4) is 11.1 Å². The molecule has 0 amide bonds. The Balaban J connectivity index is 2.34. The van der Waals surface area contributed by atoms with Gasteiger partial charge in [-0.15, -0.1) is 0 Å². The van der Waals surface area contributed by atoms with E-state index in [2.05, 4.69) is 30.3 Å². The third kappa shape index (κ3) is 3.12. The zero-order valence-electron chi connectivity index (χ0n) is 10.9. The first-order chi connectivity index (χ1) is 8.56. The summed E-state index contributed by atoms with van der Waals surface area (Å²) >= 11 is 6.09. The van der Waals surface area contributed by atoms with Gasteiger partial charge in [0.1, 0.15) is 0 Å². The lowest BCUT2D eigenvalue weighted by Crippen LogP contribution is -2.22. The summed E-state index contributed by atoms with van der Waals surface area (Å²) in [6.07, 6.45) is 3.87. The second kappa shape index (κ2) is 5.55. The molecule has 0 unspecified atom stereocenters. The van der Waals surface area contributed by atoms with Crippen LogP contribution in [-0.4, -0.2) is 15.8 Å². The fourth-order valence-corrected chi connectivity index (χ4v) is 2.02. The Morgan fingerprint density at radius 1 is 1.39 bits per heavy atom. The lowest BCUT2D eigenvalue weighted by Gasteiger charge is -2.12. The summed E-state index contributed by atoms with van der Waals surface area (Å²) in [5.74, 6) is 0. The van der Waals surface area contributed by atoms with Gasteiger partial charge in [0.15, 0.2) is 0 Å². The molecule has 0 spiro atoms. The molecule has 0 aliphatic rings. The third-order valence-electron chi connectivity index (χ3n) is 2.79. The summed E-state index contributed by atoms with van der Waals surface area (Å²) < 4.78 is 1.80. The molecule has 2 aromatic rings. The monoisotopic (exact) mass is 263 g/mol. The Morgan fingerprint density at radius 2 is 2.17 bits per heavy atom. The molecule has 96 valence electrons. The van der Waals surface area contributed by atoms with E-state index in [0.29, 0.717) is 6.04 Å². The van der Waals surface area contributed by atoms with Crippen molar-refractivity contribution in [2.75, 3.05) is 0 Å². The molecule has 0 fully saturated rings. The number of rotatable bonds is 4. The molecule has 3 nitrogen and oxygen atoms in total.